The van der Waals surface area contributed by atoms with Crippen LogP contribution in [0.5, 0.6) is 0 Å². The molecule has 0 heterocycles. The molecule has 0 saturated heterocycles. The van der Waals surface area contributed by atoms with Gasteiger partial charge in [-0.15, -0.1) is 24.0 Å². The van der Waals surface area contributed by atoms with Gasteiger partial charge >= 0.3 is 0 Å². The third-order valence-electron chi connectivity index (χ3n) is 4.00. The number of rotatable bonds is 5. The Morgan fingerprint density at radius 1 is 1.23 bits per heavy atom. The van der Waals surface area contributed by atoms with Gasteiger partial charge in [0, 0.05) is 13.6 Å². The highest BCUT2D eigenvalue weighted by molar-refractivity contribution is 14.0. The van der Waals surface area contributed by atoms with Crippen LogP contribution in [0.25, 0.3) is 0 Å². The number of hydrogen-bond donors (Lipinski definition) is 2. The average Bonchev–Trinajstić information content (AvgIpc) is 2.55. The molecule has 4 heteroatoms. The molecule has 0 aromatic heterocycles. The van der Waals surface area contributed by atoms with Gasteiger partial charge in [-0.3, -0.25) is 4.99 Å². The maximum Gasteiger partial charge on any atom is 0.191 e. The highest BCUT2D eigenvalue weighted by Crippen LogP contribution is 2.19. The number of nitrogens with one attached hydrogen (secondary N) is 2. The van der Waals surface area contributed by atoms with Crippen LogP contribution in [0.2, 0.25) is 0 Å². The second-order valence-corrected chi connectivity index (χ2v) is 5.63. The number of hydrogen-bond acceptors (Lipinski definition) is 1. The summed E-state index contributed by atoms with van der Waals surface area (Å²) in [5.74, 6) is 0.878. The molecule has 1 atom stereocenters. The minimum Gasteiger partial charge on any atom is -0.356 e. The van der Waals surface area contributed by atoms with E-state index in [1.807, 2.05) is 13.1 Å². The van der Waals surface area contributed by atoms with Crippen molar-refractivity contribution in [3.8, 4) is 0 Å². The quantitative estimate of drug-likeness (QED) is 0.325. The molecule has 0 radical (unpaired) electrons. The molecule has 2 N–H and O–H groups in total. The zero-order chi connectivity index (χ0) is 14.9. The molecule has 2 rings (SSSR count). The first-order valence-electron chi connectivity index (χ1n) is 7.99. The number of benzene rings is 1. The number of allylic oxidation sites excluding steroid dienone is 1. The predicted octanol–water partition coefficient (Wildman–Crippen LogP) is 4.42. The van der Waals surface area contributed by atoms with Gasteiger partial charge < -0.3 is 10.6 Å². The molecule has 22 heavy (non-hydrogen) atoms. The van der Waals surface area contributed by atoms with E-state index in [-0.39, 0.29) is 30.0 Å². The standard InChI is InChI=1S/C18H27N3.HI/c1-15(17-11-7-4-8-12-17)21-18(19-2)20-14-13-16-9-5-3-6-10-16;/h4,7-9,11-12,15H,3,5-6,10,13-14H2,1-2H3,(H2,19,20,21);1H. The first kappa shape index (κ1) is 19.0. The summed E-state index contributed by atoms with van der Waals surface area (Å²) in [7, 11) is 1.83. The SMILES string of the molecule is CN=C(NCCC1=CCCCC1)NC(C)c1ccccc1.I. The highest BCUT2D eigenvalue weighted by atomic mass is 127. The van der Waals surface area contributed by atoms with Crippen LogP contribution in [0.3, 0.4) is 0 Å². The van der Waals surface area contributed by atoms with Gasteiger partial charge in [0.05, 0.1) is 6.04 Å². The van der Waals surface area contributed by atoms with Crippen LogP contribution in [0.4, 0.5) is 0 Å². The minimum absolute atomic E-state index is 0. The molecule has 1 aliphatic carbocycles. The fourth-order valence-corrected chi connectivity index (χ4v) is 2.70. The second kappa shape index (κ2) is 10.6. The smallest absolute Gasteiger partial charge is 0.191 e. The van der Waals surface area contributed by atoms with E-state index in [4.69, 9.17) is 0 Å². The Bertz CT molecular complexity index is 482. The van der Waals surface area contributed by atoms with Gasteiger partial charge in [0.15, 0.2) is 5.96 Å². The van der Waals surface area contributed by atoms with Gasteiger partial charge in [0.2, 0.25) is 0 Å². The Balaban J connectivity index is 0.00000242. The van der Waals surface area contributed by atoms with Crippen molar-refractivity contribution in [3.63, 3.8) is 0 Å². The Morgan fingerprint density at radius 2 is 2.00 bits per heavy atom. The van der Waals surface area contributed by atoms with Gasteiger partial charge in [-0.2, -0.15) is 0 Å². The lowest BCUT2D eigenvalue weighted by Crippen LogP contribution is -2.39. The fourth-order valence-electron chi connectivity index (χ4n) is 2.70. The van der Waals surface area contributed by atoms with Gasteiger partial charge in [-0.1, -0.05) is 42.0 Å². The predicted molar refractivity (Wildman–Crippen MR) is 106 cm³/mol. The van der Waals surface area contributed by atoms with Crippen molar-refractivity contribution in [2.24, 2.45) is 4.99 Å². The molecule has 0 aliphatic heterocycles. The summed E-state index contributed by atoms with van der Waals surface area (Å²) in [6.07, 6.45) is 8.77. The topological polar surface area (TPSA) is 36.4 Å². The van der Waals surface area contributed by atoms with Crippen molar-refractivity contribution in [1.29, 1.82) is 0 Å². The summed E-state index contributed by atoms with van der Waals surface area (Å²) >= 11 is 0. The van der Waals surface area contributed by atoms with E-state index < -0.39 is 0 Å². The Hall–Kier alpha value is -1.04. The second-order valence-electron chi connectivity index (χ2n) is 5.63. The third kappa shape index (κ3) is 6.38. The zero-order valence-corrected chi connectivity index (χ0v) is 16.0. The Morgan fingerprint density at radius 3 is 2.64 bits per heavy atom. The third-order valence-corrected chi connectivity index (χ3v) is 4.00. The van der Waals surface area contributed by atoms with Crippen LogP contribution in [0.1, 0.15) is 50.6 Å². The maximum absolute atomic E-state index is 4.31. The number of aliphatic imine (C=N–C) groups is 1. The molecule has 3 nitrogen and oxygen atoms in total. The lowest BCUT2D eigenvalue weighted by molar-refractivity contribution is 0.654. The summed E-state index contributed by atoms with van der Waals surface area (Å²) in [4.78, 5) is 4.31. The van der Waals surface area contributed by atoms with Gasteiger partial charge in [-0.25, -0.2) is 0 Å². The van der Waals surface area contributed by atoms with E-state index in [9.17, 15) is 0 Å². The van der Waals surface area contributed by atoms with Gasteiger partial charge in [-0.05, 0) is 44.6 Å². The van der Waals surface area contributed by atoms with E-state index in [2.05, 4.69) is 52.9 Å². The maximum atomic E-state index is 4.31. The lowest BCUT2D eigenvalue weighted by Gasteiger charge is -2.19. The average molecular weight is 413 g/mol. The van der Waals surface area contributed by atoms with Crippen molar-refractivity contribution in [3.05, 3.63) is 47.5 Å². The molecule has 0 fully saturated rings. The molecule has 1 aromatic carbocycles. The van der Waals surface area contributed by atoms with Crippen molar-refractivity contribution >= 4 is 29.9 Å². The zero-order valence-electron chi connectivity index (χ0n) is 13.6. The van der Waals surface area contributed by atoms with Gasteiger partial charge in [0.25, 0.3) is 0 Å². The molecule has 0 spiro atoms. The molecule has 0 saturated carbocycles. The molecular weight excluding hydrogens is 385 g/mol. The van der Waals surface area contributed by atoms with E-state index in [0.717, 1.165) is 18.9 Å². The summed E-state index contributed by atoms with van der Waals surface area (Å²) in [5, 5.41) is 6.86. The molecule has 0 amide bonds. The molecule has 122 valence electrons. The van der Waals surface area contributed by atoms with Crippen LogP contribution < -0.4 is 10.6 Å². The summed E-state index contributed by atoms with van der Waals surface area (Å²) in [6.45, 7) is 3.11. The van der Waals surface area contributed by atoms with E-state index >= 15 is 0 Å². The Kier molecular flexibility index (Phi) is 9.20. The summed E-state index contributed by atoms with van der Waals surface area (Å²) in [5.41, 5.74) is 2.87. The lowest BCUT2D eigenvalue weighted by atomic mass is 9.97. The summed E-state index contributed by atoms with van der Waals surface area (Å²) in [6, 6.07) is 10.7. The van der Waals surface area contributed by atoms with Gasteiger partial charge in [0.1, 0.15) is 0 Å². The highest BCUT2D eigenvalue weighted by Gasteiger charge is 2.08. The first-order chi connectivity index (χ1) is 10.3. The van der Waals surface area contributed by atoms with E-state index in [1.165, 1.54) is 31.2 Å². The molecule has 0 bridgehead atoms. The largest absolute Gasteiger partial charge is 0.356 e. The fraction of sp³-hybridized carbons (Fsp3) is 0.500. The van der Waals surface area contributed by atoms with Crippen molar-refractivity contribution in [1.82, 2.24) is 10.6 Å². The Labute approximate surface area is 151 Å². The van der Waals surface area contributed by atoms with Crippen LogP contribution >= 0.6 is 24.0 Å². The van der Waals surface area contributed by atoms with Crippen LogP contribution in [0.15, 0.2) is 47.0 Å². The molecule has 1 aromatic rings. The molecular formula is C18H28IN3. The normalized spacial score (nSPS) is 16.3. The first-order valence-corrected chi connectivity index (χ1v) is 7.99. The van der Waals surface area contributed by atoms with Crippen LogP contribution in [-0.2, 0) is 0 Å². The number of nitrogens with zero attached hydrogens (tertiary/aromatic N) is 1. The van der Waals surface area contributed by atoms with Crippen LogP contribution in [0, 0.1) is 0 Å². The number of halogens is 1. The van der Waals surface area contributed by atoms with E-state index in [1.54, 1.807) is 5.57 Å². The summed E-state index contributed by atoms with van der Waals surface area (Å²) < 4.78 is 0. The number of guanidine groups is 1. The minimum atomic E-state index is 0. The monoisotopic (exact) mass is 413 g/mol. The van der Waals surface area contributed by atoms with E-state index in [0.29, 0.717) is 0 Å². The van der Waals surface area contributed by atoms with Crippen molar-refractivity contribution in [2.75, 3.05) is 13.6 Å². The molecule has 1 aliphatic rings. The van der Waals surface area contributed by atoms with Crippen molar-refractivity contribution in [2.45, 2.75) is 45.1 Å². The van der Waals surface area contributed by atoms with Crippen LogP contribution in [-0.4, -0.2) is 19.6 Å². The molecule has 1 unspecified atom stereocenters. The van der Waals surface area contributed by atoms with Crippen molar-refractivity contribution < 1.29 is 0 Å².